The zero-order valence-corrected chi connectivity index (χ0v) is 11.7. The molecule has 0 unspecified atom stereocenters. The van der Waals surface area contributed by atoms with Gasteiger partial charge in [-0.1, -0.05) is 17.4 Å². The molecule has 1 N–H and O–H groups in total. The maximum Gasteiger partial charge on any atom is 0.416 e. The van der Waals surface area contributed by atoms with Crippen molar-refractivity contribution in [1.82, 2.24) is 15.0 Å². The molecule has 3 aromatic rings. The SMILES string of the molecule is Fc1cc(C(F)(F)F)ccc1CNc1nc2nccnc2s1. The van der Waals surface area contributed by atoms with Gasteiger partial charge in [0, 0.05) is 24.5 Å². The van der Waals surface area contributed by atoms with Gasteiger partial charge in [0.25, 0.3) is 0 Å². The Hall–Kier alpha value is -2.29. The summed E-state index contributed by atoms with van der Waals surface area (Å²) in [5.41, 5.74) is -0.432. The number of hydrogen-bond acceptors (Lipinski definition) is 5. The monoisotopic (exact) mass is 328 g/mol. The van der Waals surface area contributed by atoms with E-state index < -0.39 is 17.6 Å². The van der Waals surface area contributed by atoms with E-state index in [9.17, 15) is 17.6 Å². The van der Waals surface area contributed by atoms with Gasteiger partial charge in [-0.05, 0) is 12.1 Å². The highest BCUT2D eigenvalue weighted by Crippen LogP contribution is 2.30. The van der Waals surface area contributed by atoms with Crippen LogP contribution in [0.5, 0.6) is 0 Å². The summed E-state index contributed by atoms with van der Waals surface area (Å²) in [5.74, 6) is -0.917. The second kappa shape index (κ2) is 5.48. The maximum atomic E-state index is 13.7. The summed E-state index contributed by atoms with van der Waals surface area (Å²) < 4.78 is 51.1. The van der Waals surface area contributed by atoms with Crippen molar-refractivity contribution in [2.75, 3.05) is 5.32 Å². The highest BCUT2D eigenvalue weighted by molar-refractivity contribution is 7.21. The van der Waals surface area contributed by atoms with Crippen molar-refractivity contribution in [3.8, 4) is 0 Å². The van der Waals surface area contributed by atoms with Gasteiger partial charge >= 0.3 is 6.18 Å². The molecule has 0 saturated carbocycles. The Labute approximate surface area is 125 Å². The predicted octanol–water partition coefficient (Wildman–Crippen LogP) is 3.86. The van der Waals surface area contributed by atoms with Crippen LogP contribution in [0.2, 0.25) is 0 Å². The van der Waals surface area contributed by atoms with Crippen LogP contribution in [0.25, 0.3) is 10.5 Å². The third-order valence-corrected chi connectivity index (χ3v) is 3.77. The molecule has 0 spiro atoms. The molecule has 2 heterocycles. The van der Waals surface area contributed by atoms with Gasteiger partial charge in [0.05, 0.1) is 5.56 Å². The molecule has 3 rings (SSSR count). The van der Waals surface area contributed by atoms with E-state index in [1.54, 1.807) is 0 Å². The van der Waals surface area contributed by atoms with Crippen molar-refractivity contribution in [2.45, 2.75) is 12.7 Å². The first kappa shape index (κ1) is 14.6. The first-order chi connectivity index (χ1) is 10.4. The van der Waals surface area contributed by atoms with Gasteiger partial charge in [0.15, 0.2) is 15.6 Å². The number of rotatable bonds is 3. The summed E-state index contributed by atoms with van der Waals surface area (Å²) in [4.78, 5) is 12.8. The number of anilines is 1. The Morgan fingerprint density at radius 1 is 1.14 bits per heavy atom. The number of alkyl halides is 3. The van der Waals surface area contributed by atoms with E-state index in [0.717, 1.165) is 12.1 Å². The molecule has 22 heavy (non-hydrogen) atoms. The molecule has 9 heteroatoms. The molecule has 2 aromatic heterocycles. The fourth-order valence-corrected chi connectivity index (χ4v) is 2.55. The van der Waals surface area contributed by atoms with Gasteiger partial charge in [-0.25, -0.2) is 14.4 Å². The van der Waals surface area contributed by atoms with Gasteiger partial charge in [-0.3, -0.25) is 0 Å². The Morgan fingerprint density at radius 3 is 2.59 bits per heavy atom. The van der Waals surface area contributed by atoms with Gasteiger partial charge < -0.3 is 5.32 Å². The highest BCUT2D eigenvalue weighted by atomic mass is 32.1. The first-order valence-electron chi connectivity index (χ1n) is 6.10. The Balaban J connectivity index is 1.76. The van der Waals surface area contributed by atoms with Crippen molar-refractivity contribution >= 4 is 26.9 Å². The van der Waals surface area contributed by atoms with Crippen molar-refractivity contribution in [1.29, 1.82) is 0 Å². The third-order valence-electron chi connectivity index (χ3n) is 2.86. The zero-order valence-electron chi connectivity index (χ0n) is 10.9. The van der Waals surface area contributed by atoms with Gasteiger partial charge in [0.1, 0.15) is 5.82 Å². The maximum absolute atomic E-state index is 13.7. The first-order valence-corrected chi connectivity index (χ1v) is 6.92. The number of benzene rings is 1. The molecular weight excluding hydrogens is 320 g/mol. The van der Waals surface area contributed by atoms with Crippen LogP contribution in [0.15, 0.2) is 30.6 Å². The molecule has 4 nitrogen and oxygen atoms in total. The molecule has 0 radical (unpaired) electrons. The lowest BCUT2D eigenvalue weighted by atomic mass is 10.1. The lowest BCUT2D eigenvalue weighted by molar-refractivity contribution is -0.137. The van der Waals surface area contributed by atoms with Crippen molar-refractivity contribution in [3.63, 3.8) is 0 Å². The van der Waals surface area contributed by atoms with E-state index in [0.29, 0.717) is 21.7 Å². The number of thiazole rings is 1. The fraction of sp³-hybridized carbons (Fsp3) is 0.154. The summed E-state index contributed by atoms with van der Waals surface area (Å²) >= 11 is 1.23. The molecule has 0 amide bonds. The second-order valence-corrected chi connectivity index (χ2v) is 5.34. The van der Waals surface area contributed by atoms with Crippen molar-refractivity contribution in [2.24, 2.45) is 0 Å². The number of aromatic nitrogens is 3. The van der Waals surface area contributed by atoms with E-state index in [1.807, 2.05) is 0 Å². The Kier molecular flexibility index (Phi) is 3.65. The number of halogens is 4. The van der Waals surface area contributed by atoms with E-state index >= 15 is 0 Å². The minimum atomic E-state index is -4.56. The lowest BCUT2D eigenvalue weighted by Crippen LogP contribution is -2.08. The molecule has 0 aliphatic rings. The molecule has 0 atom stereocenters. The zero-order chi connectivity index (χ0) is 15.7. The second-order valence-electron chi connectivity index (χ2n) is 4.36. The minimum Gasteiger partial charge on any atom is -0.357 e. The number of fused-ring (bicyclic) bond motifs is 1. The van der Waals surface area contributed by atoms with Gasteiger partial charge in [0.2, 0.25) is 0 Å². The van der Waals surface area contributed by atoms with Crippen LogP contribution in [0.3, 0.4) is 0 Å². The third kappa shape index (κ3) is 2.98. The van der Waals surface area contributed by atoms with Crippen LogP contribution in [-0.4, -0.2) is 15.0 Å². The van der Waals surface area contributed by atoms with Gasteiger partial charge in [-0.2, -0.15) is 18.2 Å². The molecule has 0 fully saturated rings. The lowest BCUT2D eigenvalue weighted by Gasteiger charge is -2.09. The molecule has 0 aliphatic carbocycles. The summed E-state index contributed by atoms with van der Waals surface area (Å²) in [5, 5.41) is 3.33. The normalized spacial score (nSPS) is 11.8. The smallest absolute Gasteiger partial charge is 0.357 e. The van der Waals surface area contributed by atoms with Crippen LogP contribution in [-0.2, 0) is 12.7 Å². The van der Waals surface area contributed by atoms with E-state index in [-0.39, 0.29) is 12.1 Å². The summed E-state index contributed by atoms with van der Waals surface area (Å²) in [7, 11) is 0. The average Bonchev–Trinajstić information content (AvgIpc) is 2.87. The largest absolute Gasteiger partial charge is 0.416 e. The number of nitrogens with zero attached hydrogens (tertiary/aromatic N) is 3. The van der Waals surface area contributed by atoms with Crippen molar-refractivity contribution < 1.29 is 17.6 Å². The van der Waals surface area contributed by atoms with E-state index in [4.69, 9.17) is 0 Å². The average molecular weight is 328 g/mol. The van der Waals surface area contributed by atoms with Gasteiger partial charge in [-0.15, -0.1) is 0 Å². The molecule has 0 bridgehead atoms. The summed E-state index contributed by atoms with van der Waals surface area (Å²) in [6.07, 6.45) is -1.53. The number of nitrogens with one attached hydrogen (secondary N) is 1. The quantitative estimate of drug-likeness (QED) is 0.742. The molecule has 1 aromatic carbocycles. The van der Waals surface area contributed by atoms with E-state index in [2.05, 4.69) is 20.3 Å². The standard InChI is InChI=1S/C13H8F4N4S/c14-9-5-8(13(15,16)17)2-1-7(9)6-20-12-21-10-11(22-12)19-4-3-18-10/h1-5H,6H2,(H,18,20,21). The fourth-order valence-electron chi connectivity index (χ4n) is 1.79. The van der Waals surface area contributed by atoms with Crippen LogP contribution < -0.4 is 5.32 Å². The van der Waals surface area contributed by atoms with Crippen molar-refractivity contribution in [3.05, 3.63) is 47.5 Å². The number of hydrogen-bond donors (Lipinski definition) is 1. The summed E-state index contributed by atoms with van der Waals surface area (Å²) in [6.45, 7) is 0.0177. The summed E-state index contributed by atoms with van der Waals surface area (Å²) in [6, 6.07) is 2.44. The van der Waals surface area contributed by atoms with E-state index in [1.165, 1.54) is 23.7 Å². The molecular formula is C13H8F4N4S. The Morgan fingerprint density at radius 2 is 1.91 bits per heavy atom. The van der Waals surface area contributed by atoms with Crippen LogP contribution in [0.4, 0.5) is 22.7 Å². The molecule has 0 saturated heterocycles. The Bertz CT molecular complexity index is 782. The van der Waals surface area contributed by atoms with Crippen LogP contribution >= 0.6 is 11.3 Å². The minimum absolute atomic E-state index is 0.0177. The van der Waals surface area contributed by atoms with Crippen LogP contribution in [0, 0.1) is 5.82 Å². The highest BCUT2D eigenvalue weighted by Gasteiger charge is 2.31. The predicted molar refractivity (Wildman–Crippen MR) is 73.9 cm³/mol. The topological polar surface area (TPSA) is 50.7 Å². The molecule has 0 aliphatic heterocycles. The molecule has 114 valence electrons. The van der Waals surface area contributed by atoms with Crippen LogP contribution in [0.1, 0.15) is 11.1 Å².